The molecular formula is C19H14ClN3S. The predicted octanol–water partition coefficient (Wildman–Crippen LogP) is 6.06. The first-order valence-corrected chi connectivity index (χ1v) is 8.78. The summed E-state index contributed by atoms with van der Waals surface area (Å²) in [5.74, 6) is 0.791. The summed E-state index contributed by atoms with van der Waals surface area (Å²) in [5.41, 5.74) is 4.45. The largest absolute Gasteiger partial charge is 0.340 e. The fourth-order valence-electron chi connectivity index (χ4n) is 2.62. The third-order valence-corrected chi connectivity index (χ3v) is 4.94. The van der Waals surface area contributed by atoms with E-state index < -0.39 is 0 Å². The second-order valence-electron chi connectivity index (χ2n) is 5.55. The zero-order chi connectivity index (χ0) is 16.5. The summed E-state index contributed by atoms with van der Waals surface area (Å²) in [6.45, 7) is 2.09. The summed E-state index contributed by atoms with van der Waals surface area (Å²) in [6, 6.07) is 16.1. The lowest BCUT2D eigenvalue weighted by atomic mass is 10.0. The lowest BCUT2D eigenvalue weighted by Crippen LogP contribution is -1.95. The molecule has 24 heavy (non-hydrogen) atoms. The number of aromatic nitrogens is 2. The van der Waals surface area contributed by atoms with Gasteiger partial charge in [-0.15, -0.1) is 11.3 Å². The highest BCUT2D eigenvalue weighted by Crippen LogP contribution is 2.37. The molecule has 0 fully saturated rings. The molecule has 1 N–H and O–H groups in total. The molecule has 0 amide bonds. The third-order valence-electron chi connectivity index (χ3n) is 3.82. The molecule has 0 atom stereocenters. The number of anilines is 2. The summed E-state index contributed by atoms with van der Waals surface area (Å²) in [5, 5.41) is 7.22. The van der Waals surface area contributed by atoms with E-state index in [9.17, 15) is 0 Å². The van der Waals surface area contributed by atoms with Crippen LogP contribution in [0, 0.1) is 6.92 Å². The lowest BCUT2D eigenvalue weighted by molar-refractivity contribution is 1.23. The van der Waals surface area contributed by atoms with Crippen molar-refractivity contribution in [2.75, 3.05) is 5.32 Å². The first kappa shape index (κ1) is 15.1. The Morgan fingerprint density at radius 3 is 2.67 bits per heavy atom. The van der Waals surface area contributed by atoms with Crippen LogP contribution in [0.15, 0.2) is 60.2 Å². The number of thiophene rings is 1. The van der Waals surface area contributed by atoms with Crippen LogP contribution in [0.4, 0.5) is 11.5 Å². The minimum absolute atomic E-state index is 0.689. The van der Waals surface area contributed by atoms with E-state index in [1.165, 1.54) is 5.56 Å². The Labute approximate surface area is 149 Å². The fourth-order valence-corrected chi connectivity index (χ4v) is 3.72. The number of fused-ring (bicyclic) bond motifs is 1. The molecule has 4 rings (SSSR count). The van der Waals surface area contributed by atoms with Gasteiger partial charge in [-0.3, -0.25) is 0 Å². The predicted molar refractivity (Wildman–Crippen MR) is 102 cm³/mol. The first-order valence-electron chi connectivity index (χ1n) is 7.52. The van der Waals surface area contributed by atoms with Gasteiger partial charge in [-0.05, 0) is 30.7 Å². The van der Waals surface area contributed by atoms with Crippen LogP contribution in [0.25, 0.3) is 21.3 Å². The zero-order valence-corrected chi connectivity index (χ0v) is 14.5. The molecule has 0 spiro atoms. The quantitative estimate of drug-likeness (QED) is 0.487. The van der Waals surface area contributed by atoms with Gasteiger partial charge < -0.3 is 5.32 Å². The smallest absolute Gasteiger partial charge is 0.143 e. The van der Waals surface area contributed by atoms with Crippen LogP contribution in [-0.2, 0) is 0 Å². The first-order chi connectivity index (χ1) is 11.7. The summed E-state index contributed by atoms with van der Waals surface area (Å²) < 4.78 is 0. The molecular weight excluding hydrogens is 338 g/mol. The van der Waals surface area contributed by atoms with Crippen LogP contribution in [0.1, 0.15) is 5.56 Å². The van der Waals surface area contributed by atoms with E-state index in [2.05, 4.69) is 51.9 Å². The lowest BCUT2D eigenvalue weighted by Gasteiger charge is -2.09. The average molecular weight is 352 g/mol. The molecule has 4 aromatic rings. The maximum Gasteiger partial charge on any atom is 0.143 e. The number of hydrogen-bond donors (Lipinski definition) is 1. The Balaban J connectivity index is 1.84. The number of nitrogens with one attached hydrogen (secondary N) is 1. The van der Waals surface area contributed by atoms with E-state index in [1.54, 1.807) is 17.7 Å². The molecule has 0 bridgehead atoms. The molecule has 0 unspecified atom stereocenters. The van der Waals surface area contributed by atoms with Crippen LogP contribution in [0.5, 0.6) is 0 Å². The van der Waals surface area contributed by atoms with Crippen molar-refractivity contribution in [2.45, 2.75) is 6.92 Å². The minimum Gasteiger partial charge on any atom is -0.340 e. The average Bonchev–Trinajstić information content (AvgIpc) is 3.01. The van der Waals surface area contributed by atoms with Gasteiger partial charge in [0, 0.05) is 21.7 Å². The Bertz CT molecular complexity index is 1010. The third kappa shape index (κ3) is 2.86. The van der Waals surface area contributed by atoms with E-state index in [0.717, 1.165) is 32.8 Å². The molecule has 2 aromatic heterocycles. The van der Waals surface area contributed by atoms with Crippen molar-refractivity contribution in [1.29, 1.82) is 0 Å². The normalized spacial score (nSPS) is 10.9. The standard InChI is InChI=1S/C19H14ClN3S/c1-12-5-7-13(8-6-12)16-10-24-19-17(16)18(21-11-22-19)23-15-4-2-3-14(20)9-15/h2-11H,1H3,(H,21,22,23). The zero-order valence-electron chi connectivity index (χ0n) is 13.0. The fraction of sp³-hybridized carbons (Fsp3) is 0.0526. The molecule has 0 radical (unpaired) electrons. The van der Waals surface area contributed by atoms with Crippen LogP contribution in [0.2, 0.25) is 5.02 Å². The molecule has 0 aliphatic heterocycles. The number of hydrogen-bond acceptors (Lipinski definition) is 4. The Morgan fingerprint density at radius 2 is 1.88 bits per heavy atom. The summed E-state index contributed by atoms with van der Waals surface area (Å²) in [7, 11) is 0. The van der Waals surface area contributed by atoms with Gasteiger partial charge in [0.1, 0.15) is 17.0 Å². The van der Waals surface area contributed by atoms with Crippen molar-refractivity contribution in [2.24, 2.45) is 0 Å². The van der Waals surface area contributed by atoms with Gasteiger partial charge in [0.15, 0.2) is 0 Å². The van der Waals surface area contributed by atoms with Gasteiger partial charge in [0.25, 0.3) is 0 Å². The van der Waals surface area contributed by atoms with E-state index in [1.807, 2.05) is 24.3 Å². The van der Waals surface area contributed by atoms with Crippen molar-refractivity contribution in [1.82, 2.24) is 9.97 Å². The van der Waals surface area contributed by atoms with Crippen LogP contribution in [-0.4, -0.2) is 9.97 Å². The van der Waals surface area contributed by atoms with Gasteiger partial charge in [0.05, 0.1) is 5.39 Å². The van der Waals surface area contributed by atoms with Crippen molar-refractivity contribution >= 4 is 44.7 Å². The van der Waals surface area contributed by atoms with E-state index in [4.69, 9.17) is 11.6 Å². The number of benzene rings is 2. The number of halogens is 1. The molecule has 5 heteroatoms. The molecule has 0 saturated heterocycles. The van der Waals surface area contributed by atoms with Gasteiger partial charge in [0.2, 0.25) is 0 Å². The van der Waals surface area contributed by atoms with Gasteiger partial charge >= 0.3 is 0 Å². The van der Waals surface area contributed by atoms with E-state index in [0.29, 0.717) is 5.02 Å². The second-order valence-corrected chi connectivity index (χ2v) is 6.85. The second kappa shape index (κ2) is 6.23. The van der Waals surface area contributed by atoms with Crippen molar-refractivity contribution < 1.29 is 0 Å². The molecule has 118 valence electrons. The van der Waals surface area contributed by atoms with E-state index >= 15 is 0 Å². The summed E-state index contributed by atoms with van der Waals surface area (Å²) in [4.78, 5) is 9.82. The minimum atomic E-state index is 0.689. The number of nitrogens with zero attached hydrogens (tertiary/aromatic N) is 2. The molecule has 0 saturated carbocycles. The Kier molecular flexibility index (Phi) is 3.92. The number of aryl methyl sites for hydroxylation is 1. The van der Waals surface area contributed by atoms with E-state index in [-0.39, 0.29) is 0 Å². The van der Waals surface area contributed by atoms with Crippen molar-refractivity contribution in [3.05, 3.63) is 70.8 Å². The molecule has 0 aliphatic carbocycles. The van der Waals surface area contributed by atoms with Gasteiger partial charge in [-0.1, -0.05) is 47.5 Å². The maximum absolute atomic E-state index is 6.08. The van der Waals surface area contributed by atoms with Crippen molar-refractivity contribution in [3.63, 3.8) is 0 Å². The van der Waals surface area contributed by atoms with Crippen molar-refractivity contribution in [3.8, 4) is 11.1 Å². The molecule has 2 heterocycles. The highest BCUT2D eigenvalue weighted by Gasteiger charge is 2.13. The Hall–Kier alpha value is -2.43. The number of rotatable bonds is 3. The summed E-state index contributed by atoms with van der Waals surface area (Å²) in [6.07, 6.45) is 1.59. The van der Waals surface area contributed by atoms with Crippen LogP contribution in [0.3, 0.4) is 0 Å². The van der Waals surface area contributed by atoms with Gasteiger partial charge in [-0.2, -0.15) is 0 Å². The van der Waals surface area contributed by atoms with Crippen LogP contribution >= 0.6 is 22.9 Å². The highest BCUT2D eigenvalue weighted by atomic mass is 35.5. The monoisotopic (exact) mass is 351 g/mol. The SMILES string of the molecule is Cc1ccc(-c2csc3ncnc(Nc4cccc(Cl)c4)c23)cc1. The van der Waals surface area contributed by atoms with Crippen LogP contribution < -0.4 is 5.32 Å². The molecule has 2 aromatic carbocycles. The maximum atomic E-state index is 6.08. The molecule has 3 nitrogen and oxygen atoms in total. The topological polar surface area (TPSA) is 37.8 Å². The molecule has 0 aliphatic rings. The van der Waals surface area contributed by atoms with Gasteiger partial charge in [-0.25, -0.2) is 9.97 Å². The highest BCUT2D eigenvalue weighted by molar-refractivity contribution is 7.17. The Morgan fingerprint density at radius 1 is 1.04 bits per heavy atom. The summed E-state index contributed by atoms with van der Waals surface area (Å²) >= 11 is 7.70.